The van der Waals surface area contributed by atoms with Crippen molar-refractivity contribution in [3.05, 3.63) is 53.7 Å². The van der Waals surface area contributed by atoms with Gasteiger partial charge in [-0.05, 0) is 23.8 Å². The Morgan fingerprint density at radius 3 is 2.68 bits per heavy atom. The molecule has 2 N–H and O–H groups in total. The fourth-order valence-corrected chi connectivity index (χ4v) is 3.25. The van der Waals surface area contributed by atoms with Crippen LogP contribution in [0.5, 0.6) is 0 Å². The van der Waals surface area contributed by atoms with E-state index in [4.69, 9.17) is 5.26 Å². The van der Waals surface area contributed by atoms with Gasteiger partial charge in [-0.3, -0.25) is 0 Å². The highest BCUT2D eigenvalue weighted by atomic mass is 19.1. The molecule has 1 aliphatic rings. The van der Waals surface area contributed by atoms with Crippen molar-refractivity contribution in [1.29, 1.82) is 5.26 Å². The van der Waals surface area contributed by atoms with E-state index in [1.807, 2.05) is 0 Å². The minimum absolute atomic E-state index is 0.148. The van der Waals surface area contributed by atoms with E-state index in [0.29, 0.717) is 44.1 Å². The Labute approximate surface area is 160 Å². The Balaban J connectivity index is 1.37. The van der Waals surface area contributed by atoms with Gasteiger partial charge in [0.15, 0.2) is 0 Å². The first-order chi connectivity index (χ1) is 13.6. The lowest BCUT2D eigenvalue weighted by Crippen LogP contribution is -2.52. The van der Waals surface area contributed by atoms with Gasteiger partial charge in [0.05, 0.1) is 5.39 Å². The fourth-order valence-electron chi connectivity index (χ4n) is 3.25. The van der Waals surface area contributed by atoms with Crippen LogP contribution in [0.25, 0.3) is 11.0 Å². The van der Waals surface area contributed by atoms with Crippen molar-refractivity contribution >= 4 is 22.9 Å². The molecule has 142 valence electrons. The van der Waals surface area contributed by atoms with Crippen molar-refractivity contribution < 1.29 is 9.18 Å². The highest BCUT2D eigenvalue weighted by Crippen LogP contribution is 2.24. The average Bonchev–Trinajstić information content (AvgIpc) is 3.17. The zero-order chi connectivity index (χ0) is 19.5. The smallest absolute Gasteiger partial charge is 0.317 e. The monoisotopic (exact) mass is 379 g/mol. The largest absolute Gasteiger partial charge is 0.352 e. The van der Waals surface area contributed by atoms with Crippen molar-refractivity contribution in [1.82, 2.24) is 25.2 Å². The highest BCUT2D eigenvalue weighted by molar-refractivity contribution is 5.89. The number of nitrogens with one attached hydrogen (secondary N) is 2. The number of hydrogen-bond acceptors (Lipinski definition) is 5. The van der Waals surface area contributed by atoms with E-state index >= 15 is 0 Å². The number of halogens is 1. The number of fused-ring (bicyclic) bond motifs is 1. The molecule has 3 aromatic rings. The summed E-state index contributed by atoms with van der Waals surface area (Å²) in [7, 11) is 0. The maximum atomic E-state index is 12.9. The molecule has 2 aromatic heterocycles. The summed E-state index contributed by atoms with van der Waals surface area (Å²) < 4.78 is 12.9. The van der Waals surface area contributed by atoms with E-state index in [1.165, 1.54) is 18.5 Å². The van der Waals surface area contributed by atoms with Crippen LogP contribution in [0.15, 0.2) is 36.7 Å². The zero-order valence-electron chi connectivity index (χ0n) is 15.0. The summed E-state index contributed by atoms with van der Waals surface area (Å²) >= 11 is 0. The number of benzene rings is 1. The Morgan fingerprint density at radius 2 is 1.96 bits per heavy atom. The second-order valence-corrected chi connectivity index (χ2v) is 6.51. The molecule has 1 aliphatic heterocycles. The highest BCUT2D eigenvalue weighted by Gasteiger charge is 2.23. The lowest BCUT2D eigenvalue weighted by atomic mass is 10.2. The summed E-state index contributed by atoms with van der Waals surface area (Å²) in [6.07, 6.45) is 1.47. The number of anilines is 1. The number of aromatic nitrogens is 3. The second kappa shape index (κ2) is 7.52. The molecule has 1 aromatic carbocycles. The van der Waals surface area contributed by atoms with Gasteiger partial charge in [0.25, 0.3) is 0 Å². The normalized spacial score (nSPS) is 14.1. The number of carbonyl (C=O) groups excluding carboxylic acids is 1. The van der Waals surface area contributed by atoms with Crippen LogP contribution >= 0.6 is 0 Å². The Morgan fingerprint density at radius 1 is 1.21 bits per heavy atom. The van der Waals surface area contributed by atoms with Gasteiger partial charge >= 0.3 is 6.03 Å². The number of aromatic amines is 1. The third-order valence-corrected chi connectivity index (χ3v) is 4.75. The molecule has 0 unspecified atom stereocenters. The Bertz CT molecular complexity index is 1030. The molecule has 1 saturated heterocycles. The molecule has 3 heterocycles. The van der Waals surface area contributed by atoms with Gasteiger partial charge in [-0.25, -0.2) is 19.2 Å². The lowest BCUT2D eigenvalue weighted by molar-refractivity contribution is 0.194. The van der Waals surface area contributed by atoms with Gasteiger partial charge in [0, 0.05) is 32.7 Å². The molecule has 0 bridgehead atoms. The van der Waals surface area contributed by atoms with Crippen molar-refractivity contribution in [2.45, 2.75) is 6.54 Å². The summed E-state index contributed by atoms with van der Waals surface area (Å²) in [5.74, 6) is 0.462. The van der Waals surface area contributed by atoms with Gasteiger partial charge in [-0.15, -0.1) is 0 Å². The van der Waals surface area contributed by atoms with E-state index < -0.39 is 0 Å². The number of nitrogens with zero attached hydrogens (tertiary/aromatic N) is 5. The summed E-state index contributed by atoms with van der Waals surface area (Å²) in [6.45, 7) is 2.71. The predicted molar refractivity (Wildman–Crippen MR) is 101 cm³/mol. The summed E-state index contributed by atoms with van der Waals surface area (Å²) in [6, 6.07) is 9.73. The molecule has 4 rings (SSSR count). The first kappa shape index (κ1) is 17.7. The molecule has 0 radical (unpaired) electrons. The van der Waals surface area contributed by atoms with Gasteiger partial charge in [0.2, 0.25) is 0 Å². The Kier molecular flexibility index (Phi) is 4.76. The quantitative estimate of drug-likeness (QED) is 0.725. The first-order valence-electron chi connectivity index (χ1n) is 8.90. The van der Waals surface area contributed by atoms with Crippen LogP contribution in [0.4, 0.5) is 15.0 Å². The zero-order valence-corrected chi connectivity index (χ0v) is 15.0. The van der Waals surface area contributed by atoms with Gasteiger partial charge in [-0.1, -0.05) is 12.1 Å². The van der Waals surface area contributed by atoms with Gasteiger partial charge in [0.1, 0.15) is 35.4 Å². The van der Waals surface area contributed by atoms with Crippen molar-refractivity contribution in [3.63, 3.8) is 0 Å². The predicted octanol–water partition coefficient (Wildman–Crippen LogP) is 2.00. The fraction of sp³-hybridized carbons (Fsp3) is 0.263. The van der Waals surface area contributed by atoms with Crippen molar-refractivity contribution in [3.8, 4) is 6.07 Å². The molecule has 0 saturated carbocycles. The molecule has 9 heteroatoms. The van der Waals surface area contributed by atoms with Crippen LogP contribution in [0.2, 0.25) is 0 Å². The number of urea groups is 1. The first-order valence-corrected chi connectivity index (χ1v) is 8.90. The van der Waals surface area contributed by atoms with Crippen molar-refractivity contribution in [2.24, 2.45) is 0 Å². The van der Waals surface area contributed by atoms with Crippen LogP contribution < -0.4 is 10.2 Å². The van der Waals surface area contributed by atoms with Crippen LogP contribution in [0, 0.1) is 17.1 Å². The summed E-state index contributed by atoms with van der Waals surface area (Å²) in [5.41, 5.74) is 1.91. The number of piperazine rings is 1. The number of amides is 2. The average molecular weight is 379 g/mol. The molecule has 1 fully saturated rings. The number of H-pyrrole nitrogens is 1. The van der Waals surface area contributed by atoms with E-state index in [-0.39, 0.29) is 11.8 Å². The number of carbonyl (C=O) groups is 1. The SMILES string of the molecule is N#Cc1cc2c(N3CCN(C(=O)NCc4ccc(F)cc4)CC3)ncnc2[nH]1. The van der Waals surface area contributed by atoms with E-state index in [0.717, 1.165) is 16.8 Å². The van der Waals surface area contributed by atoms with Crippen molar-refractivity contribution in [2.75, 3.05) is 31.1 Å². The number of nitriles is 1. The number of rotatable bonds is 3. The maximum Gasteiger partial charge on any atom is 0.317 e. The second-order valence-electron chi connectivity index (χ2n) is 6.51. The molecule has 0 atom stereocenters. The molecular weight excluding hydrogens is 361 g/mol. The number of hydrogen-bond donors (Lipinski definition) is 2. The molecule has 0 spiro atoms. The van der Waals surface area contributed by atoms with Crippen LogP contribution in [-0.4, -0.2) is 52.1 Å². The standard InChI is InChI=1S/C19H18FN7O/c20-14-3-1-13(2-4-14)11-22-19(28)27-7-5-26(6-8-27)18-16-9-15(10-21)25-17(16)23-12-24-18/h1-4,9,12H,5-8,11H2,(H,22,28)(H,23,24,25). The van der Waals surface area contributed by atoms with Gasteiger partial charge < -0.3 is 20.1 Å². The molecule has 8 nitrogen and oxygen atoms in total. The maximum absolute atomic E-state index is 12.9. The lowest BCUT2D eigenvalue weighted by Gasteiger charge is -2.35. The van der Waals surface area contributed by atoms with Crippen LogP contribution in [-0.2, 0) is 6.54 Å². The van der Waals surface area contributed by atoms with Crippen LogP contribution in [0.1, 0.15) is 11.3 Å². The van der Waals surface area contributed by atoms with Crippen LogP contribution in [0.3, 0.4) is 0 Å². The minimum atomic E-state index is -0.297. The molecule has 0 aliphatic carbocycles. The molecular formula is C19H18FN7O. The van der Waals surface area contributed by atoms with E-state index in [9.17, 15) is 9.18 Å². The van der Waals surface area contributed by atoms with E-state index in [1.54, 1.807) is 23.1 Å². The summed E-state index contributed by atoms with van der Waals surface area (Å²) in [4.78, 5) is 27.7. The van der Waals surface area contributed by atoms with Gasteiger partial charge in [-0.2, -0.15) is 5.26 Å². The topological polar surface area (TPSA) is 101 Å². The third-order valence-electron chi connectivity index (χ3n) is 4.75. The molecule has 2 amide bonds. The Hall–Kier alpha value is -3.67. The molecule has 28 heavy (non-hydrogen) atoms. The van der Waals surface area contributed by atoms with E-state index in [2.05, 4.69) is 31.2 Å². The summed E-state index contributed by atoms with van der Waals surface area (Å²) in [5, 5.41) is 12.7. The third kappa shape index (κ3) is 3.57. The minimum Gasteiger partial charge on any atom is -0.352 e.